The molecule has 1 saturated carbocycles. The minimum absolute atomic E-state index is 0.0697. The Balaban J connectivity index is 2.02. The van der Waals surface area contributed by atoms with E-state index in [-0.39, 0.29) is 24.5 Å². The summed E-state index contributed by atoms with van der Waals surface area (Å²) in [6.07, 6.45) is 6.07. The highest BCUT2D eigenvalue weighted by Crippen LogP contribution is 2.29. The minimum atomic E-state index is -0.210. The molecule has 0 bridgehead atoms. The van der Waals surface area contributed by atoms with Crippen molar-refractivity contribution in [1.82, 2.24) is 10.2 Å². The molecule has 0 aromatic heterocycles. The van der Waals surface area contributed by atoms with Gasteiger partial charge in [0.05, 0.1) is 6.54 Å². The summed E-state index contributed by atoms with van der Waals surface area (Å²) in [4.78, 5) is 24.4. The summed E-state index contributed by atoms with van der Waals surface area (Å²) in [6, 6.07) is -0.140. The summed E-state index contributed by atoms with van der Waals surface area (Å²) in [5.41, 5.74) is 0. The molecular weight excluding hydrogens is 192 g/mol. The highest BCUT2D eigenvalue weighted by atomic mass is 16.2. The van der Waals surface area contributed by atoms with E-state index in [9.17, 15) is 9.59 Å². The van der Waals surface area contributed by atoms with E-state index in [2.05, 4.69) is 5.32 Å². The molecule has 4 heteroatoms. The highest BCUT2D eigenvalue weighted by Gasteiger charge is 2.36. The Hall–Kier alpha value is -1.06. The first-order chi connectivity index (χ1) is 7.20. The number of nitrogens with one attached hydrogen (secondary N) is 1. The summed E-state index contributed by atoms with van der Waals surface area (Å²) in [7, 11) is 0. The van der Waals surface area contributed by atoms with Gasteiger partial charge in [-0.15, -0.1) is 0 Å². The third-order valence-electron chi connectivity index (χ3n) is 3.62. The number of amides is 3. The van der Waals surface area contributed by atoms with E-state index in [1.807, 2.05) is 6.92 Å². The van der Waals surface area contributed by atoms with Crippen molar-refractivity contribution >= 4 is 11.9 Å². The fourth-order valence-corrected chi connectivity index (χ4v) is 2.67. The number of rotatable bonds is 2. The van der Waals surface area contributed by atoms with Crippen LogP contribution in [0.4, 0.5) is 4.79 Å². The van der Waals surface area contributed by atoms with Crippen molar-refractivity contribution in [3.8, 4) is 0 Å². The van der Waals surface area contributed by atoms with Crippen LogP contribution in [0, 0.1) is 5.92 Å². The van der Waals surface area contributed by atoms with Gasteiger partial charge < -0.3 is 5.32 Å². The normalized spacial score (nSPS) is 25.5. The Morgan fingerprint density at radius 2 is 1.93 bits per heavy atom. The molecule has 1 aliphatic carbocycles. The van der Waals surface area contributed by atoms with Crippen LogP contribution in [0.1, 0.15) is 39.0 Å². The van der Waals surface area contributed by atoms with E-state index >= 15 is 0 Å². The predicted molar refractivity (Wildman–Crippen MR) is 56.3 cm³/mol. The van der Waals surface area contributed by atoms with Crippen LogP contribution in [-0.4, -0.2) is 29.4 Å². The molecule has 1 heterocycles. The Labute approximate surface area is 90.0 Å². The molecule has 84 valence electrons. The lowest BCUT2D eigenvalue weighted by Crippen LogP contribution is -2.43. The molecule has 4 nitrogen and oxygen atoms in total. The first kappa shape index (κ1) is 10.5. The molecule has 0 aromatic carbocycles. The van der Waals surface area contributed by atoms with E-state index in [0.29, 0.717) is 5.92 Å². The summed E-state index contributed by atoms with van der Waals surface area (Å²) >= 11 is 0. The van der Waals surface area contributed by atoms with E-state index in [1.54, 1.807) is 0 Å². The van der Waals surface area contributed by atoms with Crippen LogP contribution in [-0.2, 0) is 4.79 Å². The number of carbonyl (C=O) groups is 2. The van der Waals surface area contributed by atoms with Gasteiger partial charge in [0, 0.05) is 6.04 Å². The SMILES string of the molecule is CC(C1CCCCC1)N1C(=O)CNC1=O. The zero-order chi connectivity index (χ0) is 10.8. The molecule has 1 aliphatic heterocycles. The molecule has 1 N–H and O–H groups in total. The van der Waals surface area contributed by atoms with Crippen molar-refractivity contribution in [2.45, 2.75) is 45.1 Å². The second-order valence-electron chi connectivity index (χ2n) is 4.56. The summed E-state index contributed by atoms with van der Waals surface area (Å²) < 4.78 is 0. The topological polar surface area (TPSA) is 49.4 Å². The molecule has 1 unspecified atom stereocenters. The maximum Gasteiger partial charge on any atom is 0.324 e. The van der Waals surface area contributed by atoms with Crippen LogP contribution in [0.3, 0.4) is 0 Å². The fourth-order valence-electron chi connectivity index (χ4n) is 2.67. The van der Waals surface area contributed by atoms with Gasteiger partial charge in [-0.2, -0.15) is 0 Å². The van der Waals surface area contributed by atoms with Crippen molar-refractivity contribution in [1.29, 1.82) is 0 Å². The molecule has 2 rings (SSSR count). The van der Waals surface area contributed by atoms with Crippen LogP contribution in [0.2, 0.25) is 0 Å². The standard InChI is InChI=1S/C11H18N2O2/c1-8(9-5-3-2-4-6-9)13-10(14)7-12-11(13)15/h8-9H,2-7H2,1H3,(H,12,15). The maximum atomic E-state index is 11.5. The lowest BCUT2D eigenvalue weighted by atomic mass is 9.84. The Kier molecular flexibility index (Phi) is 2.93. The monoisotopic (exact) mass is 210 g/mol. The molecule has 0 aromatic rings. The van der Waals surface area contributed by atoms with Crippen molar-refractivity contribution < 1.29 is 9.59 Å². The van der Waals surface area contributed by atoms with E-state index in [4.69, 9.17) is 0 Å². The van der Waals surface area contributed by atoms with Gasteiger partial charge in [0.1, 0.15) is 0 Å². The molecule has 1 saturated heterocycles. The average molecular weight is 210 g/mol. The predicted octanol–water partition coefficient (Wildman–Crippen LogP) is 1.51. The van der Waals surface area contributed by atoms with Gasteiger partial charge in [0.25, 0.3) is 0 Å². The van der Waals surface area contributed by atoms with Crippen LogP contribution < -0.4 is 5.32 Å². The summed E-state index contributed by atoms with van der Waals surface area (Å²) in [5.74, 6) is 0.435. The van der Waals surface area contributed by atoms with Gasteiger partial charge in [-0.05, 0) is 25.7 Å². The minimum Gasteiger partial charge on any atom is -0.329 e. The smallest absolute Gasteiger partial charge is 0.324 e. The Morgan fingerprint density at radius 3 is 2.47 bits per heavy atom. The second-order valence-corrected chi connectivity index (χ2v) is 4.56. The van der Waals surface area contributed by atoms with Gasteiger partial charge in [0.15, 0.2) is 0 Å². The third kappa shape index (κ3) is 1.98. The number of urea groups is 1. The molecule has 15 heavy (non-hydrogen) atoms. The van der Waals surface area contributed by atoms with Crippen LogP contribution in [0.25, 0.3) is 0 Å². The second kappa shape index (κ2) is 4.21. The van der Waals surface area contributed by atoms with Gasteiger partial charge in [-0.1, -0.05) is 19.3 Å². The molecule has 2 aliphatic rings. The van der Waals surface area contributed by atoms with Crippen molar-refractivity contribution in [2.24, 2.45) is 5.92 Å². The lowest BCUT2D eigenvalue weighted by molar-refractivity contribution is -0.127. The summed E-state index contributed by atoms with van der Waals surface area (Å²) in [5, 5.41) is 2.58. The van der Waals surface area contributed by atoms with Crippen LogP contribution >= 0.6 is 0 Å². The summed E-state index contributed by atoms with van der Waals surface area (Å²) in [6.45, 7) is 2.18. The van der Waals surface area contributed by atoms with Gasteiger partial charge >= 0.3 is 6.03 Å². The number of carbonyl (C=O) groups excluding carboxylic acids is 2. The molecule has 1 atom stereocenters. The van der Waals surface area contributed by atoms with Crippen LogP contribution in [0.5, 0.6) is 0 Å². The average Bonchev–Trinajstić information content (AvgIpc) is 2.59. The first-order valence-corrected chi connectivity index (χ1v) is 5.80. The fraction of sp³-hybridized carbons (Fsp3) is 0.818. The number of nitrogens with zero attached hydrogens (tertiary/aromatic N) is 1. The molecule has 0 spiro atoms. The molecular formula is C11H18N2O2. The van der Waals surface area contributed by atoms with Gasteiger partial charge in [0.2, 0.25) is 5.91 Å². The highest BCUT2D eigenvalue weighted by molar-refractivity contribution is 6.02. The van der Waals surface area contributed by atoms with Crippen molar-refractivity contribution in [2.75, 3.05) is 6.54 Å². The van der Waals surface area contributed by atoms with Crippen LogP contribution in [0.15, 0.2) is 0 Å². The van der Waals surface area contributed by atoms with Crippen molar-refractivity contribution in [3.63, 3.8) is 0 Å². The quantitative estimate of drug-likeness (QED) is 0.702. The zero-order valence-electron chi connectivity index (χ0n) is 9.16. The number of hydrogen-bond acceptors (Lipinski definition) is 2. The molecule has 3 amide bonds. The molecule has 2 fully saturated rings. The lowest BCUT2D eigenvalue weighted by Gasteiger charge is -2.32. The largest absolute Gasteiger partial charge is 0.329 e. The van der Waals surface area contributed by atoms with E-state index < -0.39 is 0 Å². The zero-order valence-corrected chi connectivity index (χ0v) is 9.16. The Morgan fingerprint density at radius 1 is 1.27 bits per heavy atom. The maximum absolute atomic E-state index is 11.5. The third-order valence-corrected chi connectivity index (χ3v) is 3.62. The van der Waals surface area contributed by atoms with E-state index in [1.165, 1.54) is 24.2 Å². The first-order valence-electron chi connectivity index (χ1n) is 5.80. The van der Waals surface area contributed by atoms with E-state index in [0.717, 1.165) is 12.8 Å². The van der Waals surface area contributed by atoms with Gasteiger partial charge in [-0.3, -0.25) is 9.69 Å². The Bertz CT molecular complexity index is 256. The molecule has 0 radical (unpaired) electrons. The number of imide groups is 1. The van der Waals surface area contributed by atoms with Gasteiger partial charge in [-0.25, -0.2) is 4.79 Å². The number of hydrogen-bond donors (Lipinski definition) is 1. The van der Waals surface area contributed by atoms with Crippen molar-refractivity contribution in [3.05, 3.63) is 0 Å².